The first-order valence-electron chi connectivity index (χ1n) is 8.92. The molecule has 0 atom stereocenters. The molecule has 154 valence electrons. The molecular formula is C21H19N3O5S. The van der Waals surface area contributed by atoms with Crippen LogP contribution in [0.25, 0.3) is 0 Å². The monoisotopic (exact) mass is 425 g/mol. The fourth-order valence-electron chi connectivity index (χ4n) is 2.77. The van der Waals surface area contributed by atoms with Crippen LogP contribution in [0.5, 0.6) is 5.75 Å². The van der Waals surface area contributed by atoms with E-state index in [0.717, 1.165) is 4.31 Å². The van der Waals surface area contributed by atoms with Crippen molar-refractivity contribution in [2.45, 2.75) is 20.1 Å². The minimum absolute atomic E-state index is 0.00407. The topological polar surface area (TPSA) is 109 Å². The van der Waals surface area contributed by atoms with Crippen LogP contribution in [0.3, 0.4) is 0 Å². The van der Waals surface area contributed by atoms with Gasteiger partial charge in [0.15, 0.2) is 0 Å². The van der Waals surface area contributed by atoms with Crippen LogP contribution in [-0.4, -0.2) is 31.5 Å². The van der Waals surface area contributed by atoms with E-state index in [9.17, 15) is 13.2 Å². The van der Waals surface area contributed by atoms with Crippen LogP contribution in [-0.2, 0) is 32.9 Å². The summed E-state index contributed by atoms with van der Waals surface area (Å²) >= 11 is 0. The summed E-state index contributed by atoms with van der Waals surface area (Å²) in [5.74, 6) is -0.0531. The minimum Gasteiger partial charge on any atom is -0.497 e. The van der Waals surface area contributed by atoms with Crippen molar-refractivity contribution in [2.75, 3.05) is 7.11 Å². The normalized spacial score (nSPS) is 14.9. The summed E-state index contributed by atoms with van der Waals surface area (Å²) in [6.07, 6.45) is 1.23. The first-order chi connectivity index (χ1) is 14.3. The number of carbonyl (C=O) groups excluding carboxylic acids is 1. The zero-order chi connectivity index (χ0) is 21.7. The number of nitriles is 1. The van der Waals surface area contributed by atoms with E-state index < -0.39 is 16.2 Å². The van der Waals surface area contributed by atoms with Gasteiger partial charge >= 0.3 is 16.2 Å². The van der Waals surface area contributed by atoms with Gasteiger partial charge in [-0.05, 0) is 42.3 Å². The number of esters is 1. The van der Waals surface area contributed by atoms with Gasteiger partial charge in [0.2, 0.25) is 0 Å². The molecule has 0 N–H and O–H groups in total. The highest BCUT2D eigenvalue weighted by Crippen LogP contribution is 2.22. The molecule has 0 amide bonds. The minimum atomic E-state index is -3.96. The Labute approximate surface area is 174 Å². The molecule has 0 aromatic heterocycles. The van der Waals surface area contributed by atoms with E-state index in [-0.39, 0.29) is 24.4 Å². The van der Waals surface area contributed by atoms with Crippen molar-refractivity contribution in [3.05, 3.63) is 77.0 Å². The number of benzene rings is 2. The SMILES string of the molecule is COc1ccc(CN2C=C(C(=O)OCc3cccc(C#N)c3)C(C)=NS2(=O)=O)cc1. The number of hydrogen-bond donors (Lipinski definition) is 0. The fourth-order valence-corrected chi connectivity index (χ4v) is 3.87. The van der Waals surface area contributed by atoms with Crippen molar-refractivity contribution in [3.8, 4) is 11.8 Å². The Bertz CT molecular complexity index is 1160. The summed E-state index contributed by atoms with van der Waals surface area (Å²) in [6, 6.07) is 15.6. The van der Waals surface area contributed by atoms with Gasteiger partial charge in [-0.3, -0.25) is 4.31 Å². The molecule has 2 aromatic carbocycles. The van der Waals surface area contributed by atoms with Crippen LogP contribution in [0.15, 0.2) is 64.7 Å². The molecule has 1 aliphatic rings. The van der Waals surface area contributed by atoms with Crippen LogP contribution in [0, 0.1) is 11.3 Å². The average molecular weight is 425 g/mol. The third kappa shape index (κ3) is 4.85. The largest absolute Gasteiger partial charge is 0.497 e. The summed E-state index contributed by atoms with van der Waals surface area (Å²) < 4.78 is 39.9. The van der Waals surface area contributed by atoms with Crippen LogP contribution in [0.4, 0.5) is 0 Å². The Morgan fingerprint density at radius 1 is 1.17 bits per heavy atom. The predicted octanol–water partition coefficient (Wildman–Crippen LogP) is 2.72. The van der Waals surface area contributed by atoms with E-state index in [4.69, 9.17) is 14.7 Å². The van der Waals surface area contributed by atoms with Crippen molar-refractivity contribution in [1.82, 2.24) is 4.31 Å². The van der Waals surface area contributed by atoms with E-state index in [1.54, 1.807) is 55.6 Å². The van der Waals surface area contributed by atoms with Gasteiger partial charge in [-0.25, -0.2) is 4.79 Å². The second-order valence-corrected chi connectivity index (χ2v) is 8.03. The van der Waals surface area contributed by atoms with E-state index >= 15 is 0 Å². The van der Waals surface area contributed by atoms with Gasteiger partial charge in [0.05, 0.1) is 36.6 Å². The Balaban J connectivity index is 1.77. The third-order valence-electron chi connectivity index (χ3n) is 4.35. The van der Waals surface area contributed by atoms with Crippen LogP contribution < -0.4 is 4.74 Å². The smallest absolute Gasteiger partial charge is 0.344 e. The molecule has 0 radical (unpaired) electrons. The number of nitrogens with zero attached hydrogens (tertiary/aromatic N) is 3. The van der Waals surface area contributed by atoms with E-state index in [1.807, 2.05) is 6.07 Å². The second-order valence-electron chi connectivity index (χ2n) is 6.48. The molecule has 30 heavy (non-hydrogen) atoms. The predicted molar refractivity (Wildman–Crippen MR) is 110 cm³/mol. The Hall–Kier alpha value is -3.64. The molecule has 1 aliphatic heterocycles. The van der Waals surface area contributed by atoms with Gasteiger partial charge in [0.25, 0.3) is 0 Å². The fraction of sp³-hybridized carbons (Fsp3) is 0.190. The quantitative estimate of drug-likeness (QED) is 0.659. The first-order valence-corrected chi connectivity index (χ1v) is 10.3. The molecule has 8 nitrogen and oxygen atoms in total. The molecule has 0 unspecified atom stereocenters. The highest BCUT2D eigenvalue weighted by atomic mass is 32.2. The second kappa shape index (κ2) is 8.80. The molecule has 0 saturated carbocycles. The molecule has 0 saturated heterocycles. The van der Waals surface area contributed by atoms with E-state index in [1.165, 1.54) is 13.1 Å². The summed E-state index contributed by atoms with van der Waals surface area (Å²) in [5, 5.41) is 8.95. The lowest BCUT2D eigenvalue weighted by Gasteiger charge is -2.23. The van der Waals surface area contributed by atoms with E-state index in [2.05, 4.69) is 4.40 Å². The zero-order valence-corrected chi connectivity index (χ0v) is 17.2. The third-order valence-corrected chi connectivity index (χ3v) is 5.69. The van der Waals surface area contributed by atoms with Crippen molar-refractivity contribution in [3.63, 3.8) is 0 Å². The van der Waals surface area contributed by atoms with Gasteiger partial charge in [-0.1, -0.05) is 24.3 Å². The van der Waals surface area contributed by atoms with Crippen molar-refractivity contribution in [2.24, 2.45) is 4.40 Å². The molecule has 2 aromatic rings. The van der Waals surface area contributed by atoms with E-state index in [0.29, 0.717) is 22.4 Å². The maximum atomic E-state index is 12.6. The van der Waals surface area contributed by atoms with Gasteiger partial charge in [0, 0.05) is 6.20 Å². The Kier molecular flexibility index (Phi) is 6.18. The van der Waals surface area contributed by atoms with Crippen LogP contribution in [0.2, 0.25) is 0 Å². The standard InChI is InChI=1S/C21H19N3O5S/c1-15-20(21(25)29-14-18-5-3-4-17(10-18)11-22)13-24(30(26,27)23-15)12-16-6-8-19(28-2)9-7-16/h3-10,13H,12,14H2,1-2H3. The molecule has 0 fully saturated rings. The molecule has 0 aliphatic carbocycles. The molecule has 0 spiro atoms. The lowest BCUT2D eigenvalue weighted by Crippen LogP contribution is -2.31. The Morgan fingerprint density at radius 3 is 2.57 bits per heavy atom. The first kappa shape index (κ1) is 21.1. The lowest BCUT2D eigenvalue weighted by atomic mass is 10.1. The summed E-state index contributed by atoms with van der Waals surface area (Å²) in [4.78, 5) is 12.6. The number of ether oxygens (including phenoxy) is 2. The van der Waals surface area contributed by atoms with Gasteiger partial charge in [0.1, 0.15) is 12.4 Å². The van der Waals surface area contributed by atoms with Crippen LogP contribution >= 0.6 is 0 Å². The summed E-state index contributed by atoms with van der Waals surface area (Å²) in [5.41, 5.74) is 1.91. The van der Waals surface area contributed by atoms with Gasteiger partial charge in [-0.2, -0.15) is 13.7 Å². The zero-order valence-electron chi connectivity index (χ0n) is 16.4. The lowest BCUT2D eigenvalue weighted by molar-refractivity contribution is -0.139. The molecule has 3 rings (SSSR count). The van der Waals surface area contributed by atoms with Gasteiger partial charge in [-0.15, -0.1) is 4.40 Å². The molecular weight excluding hydrogens is 406 g/mol. The van der Waals surface area contributed by atoms with Crippen molar-refractivity contribution in [1.29, 1.82) is 5.26 Å². The average Bonchev–Trinajstić information content (AvgIpc) is 2.74. The molecule has 1 heterocycles. The number of carbonyl (C=O) groups is 1. The molecule has 0 bridgehead atoms. The number of rotatable bonds is 6. The summed E-state index contributed by atoms with van der Waals surface area (Å²) in [7, 11) is -2.42. The molecule has 9 heteroatoms. The number of methoxy groups -OCH3 is 1. The maximum Gasteiger partial charge on any atom is 0.344 e. The number of hydrogen-bond acceptors (Lipinski definition) is 6. The summed E-state index contributed by atoms with van der Waals surface area (Å²) in [6.45, 7) is 1.39. The highest BCUT2D eigenvalue weighted by Gasteiger charge is 2.29. The van der Waals surface area contributed by atoms with Gasteiger partial charge < -0.3 is 9.47 Å². The van der Waals surface area contributed by atoms with Crippen LogP contribution in [0.1, 0.15) is 23.6 Å². The highest BCUT2D eigenvalue weighted by molar-refractivity contribution is 7.88. The van der Waals surface area contributed by atoms with Crippen molar-refractivity contribution < 1.29 is 22.7 Å². The maximum absolute atomic E-state index is 12.6. The van der Waals surface area contributed by atoms with Crippen molar-refractivity contribution >= 4 is 21.9 Å². The Morgan fingerprint density at radius 2 is 1.90 bits per heavy atom.